The van der Waals surface area contributed by atoms with Crippen molar-refractivity contribution in [2.75, 3.05) is 14.1 Å². The molecule has 0 saturated heterocycles. The van der Waals surface area contributed by atoms with Gasteiger partial charge in [0.25, 0.3) is 5.91 Å². The molecule has 0 aliphatic heterocycles. The number of benzene rings is 1. The molecular weight excluding hydrogens is 300 g/mol. The topological polar surface area (TPSA) is 66.5 Å². The lowest BCUT2D eigenvalue weighted by atomic mass is 10.0. The quantitative estimate of drug-likeness (QED) is 0.873. The summed E-state index contributed by atoms with van der Waals surface area (Å²) in [6.45, 7) is 7.60. The average Bonchev–Trinajstić information content (AvgIpc) is 2.46. The number of hydrogen-bond donors (Lipinski definition) is 1. The molecule has 5 nitrogen and oxygen atoms in total. The summed E-state index contributed by atoms with van der Waals surface area (Å²) in [6, 6.07) is 3.31. The highest BCUT2D eigenvalue weighted by Crippen LogP contribution is 2.23. The van der Waals surface area contributed by atoms with Crippen molar-refractivity contribution in [2.45, 2.75) is 51.5 Å². The lowest BCUT2D eigenvalue weighted by Crippen LogP contribution is -2.34. The van der Waals surface area contributed by atoms with Gasteiger partial charge in [0.2, 0.25) is 10.0 Å². The van der Waals surface area contributed by atoms with E-state index < -0.39 is 10.0 Å². The molecule has 1 aromatic carbocycles. The van der Waals surface area contributed by atoms with Crippen LogP contribution in [-0.4, -0.2) is 38.8 Å². The van der Waals surface area contributed by atoms with E-state index >= 15 is 0 Å². The summed E-state index contributed by atoms with van der Waals surface area (Å²) in [6.07, 6.45) is 1.69. The van der Waals surface area contributed by atoms with Gasteiger partial charge in [0.1, 0.15) is 0 Å². The number of nitrogens with zero attached hydrogens (tertiary/aromatic N) is 1. The lowest BCUT2D eigenvalue weighted by molar-refractivity contribution is 0.0934. The van der Waals surface area contributed by atoms with Gasteiger partial charge in [-0.3, -0.25) is 4.79 Å². The Morgan fingerprint density at radius 2 is 1.73 bits per heavy atom. The number of aryl methyl sites for hydroxylation is 1. The molecule has 0 aromatic heterocycles. The fourth-order valence-corrected chi connectivity index (χ4v) is 3.40. The maximum absolute atomic E-state index is 12.4. The summed E-state index contributed by atoms with van der Waals surface area (Å²) in [5.41, 5.74) is 1.85. The Hall–Kier alpha value is -1.40. The molecule has 0 atom stereocenters. The van der Waals surface area contributed by atoms with Crippen LogP contribution in [0, 0.1) is 13.8 Å². The first-order valence-corrected chi connectivity index (χ1v) is 8.93. The van der Waals surface area contributed by atoms with Gasteiger partial charge < -0.3 is 5.32 Å². The highest BCUT2D eigenvalue weighted by molar-refractivity contribution is 7.89. The Kier molecular flexibility index (Phi) is 6.14. The normalized spacial score (nSPS) is 12.0. The fraction of sp³-hybridized carbons (Fsp3) is 0.562. The van der Waals surface area contributed by atoms with Crippen LogP contribution in [0.25, 0.3) is 0 Å². The Labute approximate surface area is 133 Å². The number of hydrogen-bond acceptors (Lipinski definition) is 3. The largest absolute Gasteiger partial charge is 0.349 e. The molecule has 1 aromatic rings. The number of carbonyl (C=O) groups is 1. The molecule has 0 spiro atoms. The highest BCUT2D eigenvalue weighted by Gasteiger charge is 2.23. The van der Waals surface area contributed by atoms with Crippen molar-refractivity contribution in [3.63, 3.8) is 0 Å². The third-order valence-electron chi connectivity index (χ3n) is 3.96. The van der Waals surface area contributed by atoms with Crippen molar-refractivity contribution in [3.8, 4) is 0 Å². The van der Waals surface area contributed by atoms with E-state index in [-0.39, 0.29) is 16.8 Å². The van der Waals surface area contributed by atoms with Crippen LogP contribution in [-0.2, 0) is 10.0 Å². The standard InChI is InChI=1S/C16H26N2O3S/c1-7-14(8-2)17-16(19)13-9-11(3)12(4)15(10-13)22(20,21)18(5)6/h9-10,14H,7-8H2,1-6H3,(H,17,19). The zero-order valence-corrected chi connectivity index (χ0v) is 15.0. The minimum Gasteiger partial charge on any atom is -0.349 e. The van der Waals surface area contributed by atoms with Gasteiger partial charge in [-0.2, -0.15) is 0 Å². The second-order valence-corrected chi connectivity index (χ2v) is 7.81. The van der Waals surface area contributed by atoms with Crippen LogP contribution in [0.1, 0.15) is 48.2 Å². The molecule has 0 bridgehead atoms. The summed E-state index contributed by atoms with van der Waals surface area (Å²) in [5, 5.41) is 2.94. The van der Waals surface area contributed by atoms with Crippen LogP contribution in [0.5, 0.6) is 0 Å². The maximum atomic E-state index is 12.4. The number of amides is 1. The molecule has 0 saturated carbocycles. The molecule has 1 amide bonds. The van der Waals surface area contributed by atoms with E-state index in [2.05, 4.69) is 5.32 Å². The van der Waals surface area contributed by atoms with Crippen LogP contribution >= 0.6 is 0 Å². The van der Waals surface area contributed by atoms with E-state index in [1.807, 2.05) is 20.8 Å². The summed E-state index contributed by atoms with van der Waals surface area (Å²) in [4.78, 5) is 12.6. The molecule has 0 radical (unpaired) electrons. The highest BCUT2D eigenvalue weighted by atomic mass is 32.2. The van der Waals surface area contributed by atoms with Gasteiger partial charge in [0.15, 0.2) is 0 Å². The molecule has 6 heteroatoms. The summed E-state index contributed by atoms with van der Waals surface area (Å²) < 4.78 is 26.0. The molecule has 1 rings (SSSR count). The van der Waals surface area contributed by atoms with Gasteiger partial charge in [-0.1, -0.05) is 13.8 Å². The Morgan fingerprint density at radius 1 is 1.18 bits per heavy atom. The Bertz CT molecular complexity index is 648. The van der Waals surface area contributed by atoms with E-state index in [1.54, 1.807) is 13.0 Å². The molecule has 0 unspecified atom stereocenters. The second-order valence-electron chi connectivity index (χ2n) is 5.69. The molecule has 0 heterocycles. The number of carbonyl (C=O) groups excluding carboxylic acids is 1. The first-order chi connectivity index (χ1) is 10.1. The monoisotopic (exact) mass is 326 g/mol. The van der Waals surface area contributed by atoms with Gasteiger partial charge in [-0.05, 0) is 49.9 Å². The summed E-state index contributed by atoms with van der Waals surface area (Å²) in [5.74, 6) is -0.230. The predicted octanol–water partition coefficient (Wildman–Crippen LogP) is 2.47. The van der Waals surface area contributed by atoms with Crippen molar-refractivity contribution in [1.29, 1.82) is 0 Å². The number of sulfonamides is 1. The van der Waals surface area contributed by atoms with Gasteiger partial charge in [-0.15, -0.1) is 0 Å². The van der Waals surface area contributed by atoms with Crippen molar-refractivity contribution in [2.24, 2.45) is 0 Å². The summed E-state index contributed by atoms with van der Waals surface area (Å²) >= 11 is 0. The molecule has 0 aliphatic rings. The van der Waals surface area contributed by atoms with E-state index in [9.17, 15) is 13.2 Å². The molecular formula is C16H26N2O3S. The van der Waals surface area contributed by atoms with Crippen molar-refractivity contribution < 1.29 is 13.2 Å². The zero-order valence-electron chi connectivity index (χ0n) is 14.2. The van der Waals surface area contributed by atoms with Crippen molar-refractivity contribution in [3.05, 3.63) is 28.8 Å². The lowest BCUT2D eigenvalue weighted by Gasteiger charge is -2.18. The first kappa shape index (κ1) is 18.6. The summed E-state index contributed by atoms with van der Waals surface area (Å²) in [7, 11) is -0.598. The van der Waals surface area contributed by atoms with Crippen LogP contribution < -0.4 is 5.32 Å². The Balaban J connectivity index is 3.31. The number of rotatable bonds is 6. The van der Waals surface area contributed by atoms with E-state index in [4.69, 9.17) is 0 Å². The van der Waals surface area contributed by atoms with Crippen LogP contribution in [0.15, 0.2) is 17.0 Å². The molecule has 0 fully saturated rings. The SMILES string of the molecule is CCC(CC)NC(=O)c1cc(C)c(C)c(S(=O)(=O)N(C)C)c1. The molecule has 0 aliphatic carbocycles. The van der Waals surface area contributed by atoms with Crippen LogP contribution in [0.2, 0.25) is 0 Å². The fourth-order valence-electron chi connectivity index (χ4n) is 2.18. The Morgan fingerprint density at radius 3 is 2.18 bits per heavy atom. The second kappa shape index (κ2) is 7.24. The van der Waals surface area contributed by atoms with Crippen LogP contribution in [0.3, 0.4) is 0 Å². The van der Waals surface area contributed by atoms with E-state index in [0.29, 0.717) is 11.1 Å². The minimum absolute atomic E-state index is 0.100. The number of nitrogens with one attached hydrogen (secondary N) is 1. The van der Waals surface area contributed by atoms with Gasteiger partial charge in [0.05, 0.1) is 4.90 Å². The minimum atomic E-state index is -3.57. The van der Waals surface area contributed by atoms with Crippen molar-refractivity contribution >= 4 is 15.9 Å². The van der Waals surface area contributed by atoms with Gasteiger partial charge >= 0.3 is 0 Å². The molecule has 124 valence electrons. The molecule has 1 N–H and O–H groups in total. The van der Waals surface area contributed by atoms with Gasteiger partial charge in [-0.25, -0.2) is 12.7 Å². The van der Waals surface area contributed by atoms with E-state index in [0.717, 1.165) is 22.7 Å². The predicted molar refractivity (Wildman–Crippen MR) is 88.6 cm³/mol. The first-order valence-electron chi connectivity index (χ1n) is 7.49. The van der Waals surface area contributed by atoms with Crippen molar-refractivity contribution in [1.82, 2.24) is 9.62 Å². The molecule has 22 heavy (non-hydrogen) atoms. The smallest absolute Gasteiger partial charge is 0.251 e. The van der Waals surface area contributed by atoms with Gasteiger partial charge in [0, 0.05) is 25.7 Å². The van der Waals surface area contributed by atoms with Crippen LogP contribution in [0.4, 0.5) is 0 Å². The third-order valence-corrected chi connectivity index (χ3v) is 5.90. The zero-order chi connectivity index (χ0) is 17.1. The average molecular weight is 326 g/mol. The van der Waals surface area contributed by atoms with E-state index in [1.165, 1.54) is 20.2 Å². The third kappa shape index (κ3) is 3.87. The maximum Gasteiger partial charge on any atom is 0.251 e.